The lowest BCUT2D eigenvalue weighted by Gasteiger charge is -2.57. The molecular weight excluding hydrogens is 330 g/mol. The van der Waals surface area contributed by atoms with Crippen LogP contribution in [0.3, 0.4) is 0 Å². The van der Waals surface area contributed by atoms with Crippen molar-refractivity contribution < 1.29 is 9.45 Å². The Morgan fingerprint density at radius 2 is 1.85 bits per heavy atom. The Morgan fingerprint density at radius 1 is 1.19 bits per heavy atom. The molecule has 0 amide bonds. The van der Waals surface area contributed by atoms with Crippen molar-refractivity contribution in [2.45, 2.75) is 51.9 Å². The van der Waals surface area contributed by atoms with Gasteiger partial charge in [0.1, 0.15) is 0 Å². The van der Waals surface area contributed by atoms with Crippen LogP contribution in [0.25, 0.3) is 11.5 Å². The van der Waals surface area contributed by atoms with Crippen molar-refractivity contribution in [3.8, 4) is 11.5 Å². The zero-order valence-corrected chi connectivity index (χ0v) is 15.0. The van der Waals surface area contributed by atoms with E-state index in [9.17, 15) is 10.1 Å². The second-order valence-electron chi connectivity index (χ2n) is 8.84. The Balaban J connectivity index is 1.48. The predicted molar refractivity (Wildman–Crippen MR) is 95.4 cm³/mol. The van der Waals surface area contributed by atoms with Gasteiger partial charge in [-0.2, -0.15) is 4.98 Å². The van der Waals surface area contributed by atoms with E-state index in [2.05, 4.69) is 10.1 Å². The van der Waals surface area contributed by atoms with Crippen molar-refractivity contribution in [2.75, 3.05) is 0 Å². The average molecular weight is 353 g/mol. The van der Waals surface area contributed by atoms with Gasteiger partial charge in [-0.05, 0) is 81.1 Å². The highest BCUT2D eigenvalue weighted by Crippen LogP contribution is 2.61. The van der Waals surface area contributed by atoms with Crippen molar-refractivity contribution in [2.24, 2.45) is 23.2 Å². The summed E-state index contributed by atoms with van der Waals surface area (Å²) in [6.07, 6.45) is 8.74. The number of rotatable bonds is 4. The number of hydrogen-bond donors (Lipinski definition) is 0. The summed E-state index contributed by atoms with van der Waals surface area (Å²) in [6.45, 7) is 1.74. The second kappa shape index (κ2) is 5.63. The Morgan fingerprint density at radius 3 is 2.38 bits per heavy atom. The van der Waals surface area contributed by atoms with Gasteiger partial charge in [0, 0.05) is 17.2 Å². The van der Waals surface area contributed by atoms with Crippen molar-refractivity contribution in [3.05, 3.63) is 39.7 Å². The molecule has 1 heterocycles. The molecule has 6 rings (SSSR count). The van der Waals surface area contributed by atoms with Crippen LogP contribution in [0.2, 0.25) is 0 Å². The summed E-state index contributed by atoms with van der Waals surface area (Å²) in [6, 6.07) is 5.39. The molecule has 0 saturated heterocycles. The normalized spacial score (nSPS) is 32.1. The first-order chi connectivity index (χ1) is 12.5. The molecule has 1 aromatic heterocycles. The molecule has 0 N–H and O–H groups in total. The maximum absolute atomic E-state index is 11.7. The molecule has 6 heteroatoms. The predicted octanol–water partition coefficient (Wildman–Crippen LogP) is 4.71. The molecule has 4 aliphatic carbocycles. The van der Waals surface area contributed by atoms with E-state index in [0.717, 1.165) is 29.7 Å². The molecule has 4 fully saturated rings. The van der Waals surface area contributed by atoms with E-state index in [4.69, 9.17) is 4.52 Å². The summed E-state index contributed by atoms with van der Waals surface area (Å²) >= 11 is 0. The van der Waals surface area contributed by atoms with Crippen molar-refractivity contribution in [3.63, 3.8) is 0 Å². The minimum Gasteiger partial charge on any atom is -0.334 e. The molecular formula is C20H23N3O3. The van der Waals surface area contributed by atoms with Gasteiger partial charge in [0.05, 0.1) is 4.92 Å². The van der Waals surface area contributed by atoms with Gasteiger partial charge in [0.15, 0.2) is 5.82 Å². The van der Waals surface area contributed by atoms with E-state index in [-0.39, 0.29) is 16.0 Å². The maximum atomic E-state index is 11.7. The van der Waals surface area contributed by atoms with E-state index >= 15 is 0 Å². The van der Waals surface area contributed by atoms with Crippen molar-refractivity contribution in [1.29, 1.82) is 0 Å². The largest absolute Gasteiger partial charge is 0.334 e. The van der Waals surface area contributed by atoms with E-state index in [1.54, 1.807) is 13.0 Å². The Labute approximate surface area is 152 Å². The van der Waals surface area contributed by atoms with E-state index in [0.29, 0.717) is 17.3 Å². The fourth-order valence-corrected chi connectivity index (χ4v) is 6.34. The highest BCUT2D eigenvalue weighted by atomic mass is 16.6. The third kappa shape index (κ3) is 2.63. The smallest absolute Gasteiger partial charge is 0.273 e. The summed E-state index contributed by atoms with van der Waals surface area (Å²) in [5.74, 6) is 3.41. The van der Waals surface area contributed by atoms with Gasteiger partial charge < -0.3 is 4.52 Å². The minimum absolute atomic E-state index is 0.189. The number of nitro groups is 1. The first-order valence-corrected chi connectivity index (χ1v) is 9.58. The lowest BCUT2D eigenvalue weighted by atomic mass is 9.48. The Bertz CT molecular complexity index is 838. The van der Waals surface area contributed by atoms with E-state index in [1.165, 1.54) is 38.5 Å². The van der Waals surface area contributed by atoms with Crippen LogP contribution < -0.4 is 0 Å². The third-order valence-electron chi connectivity index (χ3n) is 6.79. The fraction of sp³-hybridized carbons (Fsp3) is 0.600. The summed E-state index contributed by atoms with van der Waals surface area (Å²) < 4.78 is 5.18. The van der Waals surface area contributed by atoms with Crippen molar-refractivity contribution >= 4 is 5.69 Å². The average Bonchev–Trinajstić information content (AvgIpc) is 3.00. The molecule has 0 radical (unpaired) electrons. The summed E-state index contributed by atoms with van der Waals surface area (Å²) in [5.41, 5.74) is 1.94. The van der Waals surface area contributed by atoms with Crippen LogP contribution in [-0.2, 0) is 6.42 Å². The molecule has 0 aliphatic heterocycles. The van der Waals surface area contributed by atoms with Gasteiger partial charge in [-0.3, -0.25) is 10.1 Å². The van der Waals surface area contributed by atoms with Crippen LogP contribution in [0, 0.1) is 40.2 Å². The molecule has 136 valence electrons. The number of aryl methyl sites for hydroxylation is 1. The molecule has 4 bridgehead atoms. The highest BCUT2D eigenvalue weighted by Gasteiger charge is 2.51. The third-order valence-corrected chi connectivity index (χ3v) is 6.79. The van der Waals surface area contributed by atoms with E-state index < -0.39 is 0 Å². The lowest BCUT2D eigenvalue weighted by molar-refractivity contribution is -0.385. The van der Waals surface area contributed by atoms with Crippen LogP contribution in [0.1, 0.15) is 49.9 Å². The van der Waals surface area contributed by atoms with Crippen LogP contribution in [0.5, 0.6) is 0 Å². The van der Waals surface area contributed by atoms with Gasteiger partial charge in [-0.25, -0.2) is 0 Å². The number of aromatic nitrogens is 2. The molecule has 0 atom stereocenters. The SMILES string of the molecule is Cc1noc(-c2ccc(CC34CC5CC(CC(C5)C3)C4)c([N+](=O)[O-])c2)n1. The second-order valence-corrected chi connectivity index (χ2v) is 8.84. The minimum atomic E-state index is -0.261. The molecule has 4 saturated carbocycles. The monoisotopic (exact) mass is 353 g/mol. The van der Waals surface area contributed by atoms with Crippen LogP contribution in [0.15, 0.2) is 22.7 Å². The summed E-state index contributed by atoms with van der Waals surface area (Å²) in [4.78, 5) is 15.7. The molecule has 26 heavy (non-hydrogen) atoms. The Kier molecular flexibility index (Phi) is 3.46. The number of benzene rings is 1. The van der Waals surface area contributed by atoms with Crippen molar-refractivity contribution in [1.82, 2.24) is 10.1 Å². The number of nitrogens with zero attached hydrogens (tertiary/aromatic N) is 3. The van der Waals surface area contributed by atoms with Crippen LogP contribution >= 0.6 is 0 Å². The van der Waals surface area contributed by atoms with Gasteiger partial charge in [-0.15, -0.1) is 0 Å². The summed E-state index contributed by atoms with van der Waals surface area (Å²) in [7, 11) is 0. The van der Waals surface area contributed by atoms with E-state index in [1.807, 2.05) is 12.1 Å². The first-order valence-electron chi connectivity index (χ1n) is 9.58. The topological polar surface area (TPSA) is 82.1 Å². The molecule has 6 nitrogen and oxygen atoms in total. The van der Waals surface area contributed by atoms with Gasteiger partial charge in [0.25, 0.3) is 11.6 Å². The zero-order chi connectivity index (χ0) is 17.9. The molecule has 2 aromatic rings. The first kappa shape index (κ1) is 16.0. The zero-order valence-electron chi connectivity index (χ0n) is 15.0. The maximum Gasteiger partial charge on any atom is 0.273 e. The molecule has 1 aromatic carbocycles. The summed E-state index contributed by atoms with van der Waals surface area (Å²) in [5, 5.41) is 15.5. The number of hydrogen-bond acceptors (Lipinski definition) is 5. The van der Waals surface area contributed by atoms with Gasteiger partial charge in [-0.1, -0.05) is 11.2 Å². The van der Waals surface area contributed by atoms with Gasteiger partial charge >= 0.3 is 0 Å². The molecule has 4 aliphatic rings. The van der Waals surface area contributed by atoms with Crippen LogP contribution in [-0.4, -0.2) is 15.1 Å². The Hall–Kier alpha value is -2.24. The van der Waals surface area contributed by atoms with Gasteiger partial charge in [0.2, 0.25) is 0 Å². The number of nitro benzene ring substituents is 1. The molecule has 0 unspecified atom stereocenters. The van der Waals surface area contributed by atoms with Crippen LogP contribution in [0.4, 0.5) is 5.69 Å². The standard InChI is InChI=1S/C20H23N3O3/c1-12-21-19(26-22-12)16-2-3-17(18(7-16)23(24)25)11-20-8-13-4-14(9-20)6-15(5-13)10-20/h2-3,7,13-15H,4-6,8-11H2,1H3. The lowest BCUT2D eigenvalue weighted by Crippen LogP contribution is -2.47. The quantitative estimate of drug-likeness (QED) is 0.587. The fourth-order valence-electron chi connectivity index (χ4n) is 6.34. The molecule has 0 spiro atoms. The highest BCUT2D eigenvalue weighted by molar-refractivity contribution is 5.60.